The van der Waals surface area contributed by atoms with Gasteiger partial charge in [-0.15, -0.1) is 0 Å². The smallest absolute Gasteiger partial charge is 0.161 e. The first kappa shape index (κ1) is 14.1. The molecular weight excluding hydrogens is 292 g/mol. The van der Waals surface area contributed by atoms with Crippen LogP contribution < -0.4 is 5.73 Å². The number of nitrogens with two attached hydrogens (primary N) is 1. The fourth-order valence-electron chi connectivity index (χ4n) is 5.78. The minimum atomic E-state index is -0.561. The van der Waals surface area contributed by atoms with Crippen LogP contribution >= 0.6 is 0 Å². The lowest BCUT2D eigenvalue weighted by molar-refractivity contribution is -0.0800. The normalized spacial score (nSPS) is 47.6. The van der Waals surface area contributed by atoms with Gasteiger partial charge in [-0.25, -0.2) is 0 Å². The molecule has 0 aromatic heterocycles. The number of hydrogen-bond donors (Lipinski definition) is 2. The van der Waals surface area contributed by atoms with E-state index in [1.165, 1.54) is 11.1 Å². The molecule has 1 spiro atoms. The number of piperidine rings is 1. The quantitative estimate of drug-likeness (QED) is 0.704. The minimum absolute atomic E-state index is 0.000856. The van der Waals surface area contributed by atoms with Crippen LogP contribution in [0.5, 0.6) is 0 Å². The number of hydrogen-bond acceptors (Lipinski definition) is 5. The molecule has 5 aliphatic rings. The number of methoxy groups -OCH3 is 1. The fraction of sp³-hybridized carbons (Fsp3) is 0.667. The lowest BCUT2D eigenvalue weighted by atomic mass is 9.52. The average molecular weight is 316 g/mol. The van der Waals surface area contributed by atoms with E-state index in [4.69, 9.17) is 15.2 Å². The van der Waals surface area contributed by atoms with E-state index in [0.717, 1.165) is 30.9 Å². The van der Waals surface area contributed by atoms with Crippen molar-refractivity contribution in [3.05, 3.63) is 34.8 Å². The zero-order chi connectivity index (χ0) is 15.9. The van der Waals surface area contributed by atoms with Gasteiger partial charge in [-0.05, 0) is 32.0 Å². The van der Waals surface area contributed by atoms with E-state index in [2.05, 4.69) is 18.0 Å². The second-order valence-corrected chi connectivity index (χ2v) is 7.65. The number of nitrogens with zero attached hydrogens (tertiary/aromatic N) is 1. The van der Waals surface area contributed by atoms with Crippen LogP contribution in [0.2, 0.25) is 0 Å². The number of aliphatic hydroxyl groups is 1. The van der Waals surface area contributed by atoms with E-state index >= 15 is 0 Å². The summed E-state index contributed by atoms with van der Waals surface area (Å²) in [6, 6.07) is 0.452. The predicted molar refractivity (Wildman–Crippen MR) is 85.2 cm³/mol. The van der Waals surface area contributed by atoms with Gasteiger partial charge in [-0.3, -0.25) is 0 Å². The molecule has 0 aromatic carbocycles. The maximum atomic E-state index is 10.6. The van der Waals surface area contributed by atoms with Gasteiger partial charge in [-0.2, -0.15) is 0 Å². The molecule has 3 aliphatic carbocycles. The summed E-state index contributed by atoms with van der Waals surface area (Å²) in [4.78, 5) is 2.46. The van der Waals surface area contributed by atoms with Gasteiger partial charge in [0.2, 0.25) is 0 Å². The Balaban J connectivity index is 1.80. The van der Waals surface area contributed by atoms with Crippen molar-refractivity contribution >= 4 is 0 Å². The molecule has 0 amide bonds. The van der Waals surface area contributed by atoms with E-state index in [1.54, 1.807) is 7.11 Å². The SMILES string of the molecule is COC1=C2O[C@H]3[C@@H](O)C=C[C@H]4[C@@H]5CC(=C2[C@]43CCN5C)C(N)C1. The molecule has 2 fully saturated rings. The highest BCUT2D eigenvalue weighted by Crippen LogP contribution is 2.65. The van der Waals surface area contributed by atoms with Crippen molar-refractivity contribution in [3.8, 4) is 0 Å². The van der Waals surface area contributed by atoms with Crippen LogP contribution in [0, 0.1) is 11.3 Å². The van der Waals surface area contributed by atoms with Gasteiger partial charge < -0.3 is 25.2 Å². The fourth-order valence-corrected chi connectivity index (χ4v) is 5.78. The first-order chi connectivity index (χ1) is 11.1. The van der Waals surface area contributed by atoms with Crippen LogP contribution in [0.4, 0.5) is 0 Å². The molecule has 5 nitrogen and oxygen atoms in total. The first-order valence-corrected chi connectivity index (χ1v) is 8.58. The number of likely N-dealkylation sites (tertiary alicyclic amines) is 1. The largest absolute Gasteiger partial charge is 0.497 e. The molecule has 2 heterocycles. The molecule has 0 aromatic rings. The van der Waals surface area contributed by atoms with Crippen molar-refractivity contribution in [1.82, 2.24) is 4.90 Å². The topological polar surface area (TPSA) is 68.0 Å². The van der Waals surface area contributed by atoms with E-state index in [-0.39, 0.29) is 17.6 Å². The second kappa shape index (κ2) is 4.41. The highest BCUT2D eigenvalue weighted by atomic mass is 16.5. The Bertz CT molecular complexity index is 667. The minimum Gasteiger partial charge on any atom is -0.497 e. The molecule has 124 valence electrons. The van der Waals surface area contributed by atoms with Gasteiger partial charge in [0.15, 0.2) is 5.76 Å². The Kier molecular flexibility index (Phi) is 2.70. The Labute approximate surface area is 136 Å². The summed E-state index contributed by atoms with van der Waals surface area (Å²) in [5, 5.41) is 10.6. The zero-order valence-corrected chi connectivity index (χ0v) is 13.7. The summed E-state index contributed by atoms with van der Waals surface area (Å²) in [5.41, 5.74) is 8.99. The number of ether oxygens (including phenoxy) is 2. The van der Waals surface area contributed by atoms with Gasteiger partial charge in [0.1, 0.15) is 18.0 Å². The second-order valence-electron chi connectivity index (χ2n) is 7.65. The maximum Gasteiger partial charge on any atom is 0.161 e. The monoisotopic (exact) mass is 316 g/mol. The third kappa shape index (κ3) is 1.49. The standard InChI is InChI=1S/C18H24N2O3/c1-20-6-5-18-10-3-4-13(21)17(18)23-16-14(22-2)8-11(19)9(15(16)18)7-12(10)20/h3-4,10-13,17,21H,5-8,19H2,1-2H3/t10-,11?,12-,13-,17-,18-/m0/s1. The van der Waals surface area contributed by atoms with E-state index in [9.17, 15) is 5.11 Å². The summed E-state index contributed by atoms with van der Waals surface area (Å²) >= 11 is 0. The molecule has 0 saturated carbocycles. The first-order valence-electron chi connectivity index (χ1n) is 8.58. The molecule has 2 bridgehead atoms. The number of aliphatic hydroxyl groups excluding tert-OH is 1. The highest BCUT2D eigenvalue weighted by molar-refractivity contribution is 5.54. The van der Waals surface area contributed by atoms with Crippen molar-refractivity contribution in [2.24, 2.45) is 17.1 Å². The summed E-state index contributed by atoms with van der Waals surface area (Å²) in [5.74, 6) is 2.11. The van der Waals surface area contributed by atoms with Gasteiger partial charge in [-0.1, -0.05) is 12.2 Å². The Morgan fingerprint density at radius 1 is 1.39 bits per heavy atom. The lowest BCUT2D eigenvalue weighted by Crippen LogP contribution is -2.62. The Morgan fingerprint density at radius 3 is 3.00 bits per heavy atom. The molecule has 3 N–H and O–H groups in total. The van der Waals surface area contributed by atoms with Crippen LogP contribution in [-0.2, 0) is 9.47 Å². The maximum absolute atomic E-state index is 10.6. The van der Waals surface area contributed by atoms with Gasteiger partial charge >= 0.3 is 0 Å². The van der Waals surface area contributed by atoms with Crippen LogP contribution in [0.3, 0.4) is 0 Å². The molecule has 1 unspecified atom stereocenters. The third-order valence-electron chi connectivity index (χ3n) is 6.83. The van der Waals surface area contributed by atoms with Crippen molar-refractivity contribution in [3.63, 3.8) is 0 Å². The zero-order valence-electron chi connectivity index (χ0n) is 13.7. The van der Waals surface area contributed by atoms with Gasteiger partial charge in [0, 0.05) is 35.4 Å². The molecule has 6 atom stereocenters. The van der Waals surface area contributed by atoms with Crippen LogP contribution in [-0.4, -0.2) is 55.0 Å². The highest BCUT2D eigenvalue weighted by Gasteiger charge is 2.66. The van der Waals surface area contributed by atoms with Crippen LogP contribution in [0.25, 0.3) is 0 Å². The predicted octanol–water partition coefficient (Wildman–Crippen LogP) is 0.912. The van der Waals surface area contributed by atoms with Crippen molar-refractivity contribution in [1.29, 1.82) is 0 Å². The summed E-state index contributed by atoms with van der Waals surface area (Å²) in [6.07, 6.45) is 6.08. The third-order valence-corrected chi connectivity index (χ3v) is 6.83. The molecule has 2 saturated heterocycles. The Hall–Kier alpha value is -1.30. The molecular formula is C18H24N2O3. The van der Waals surface area contributed by atoms with Gasteiger partial charge in [0.05, 0.1) is 7.11 Å². The van der Waals surface area contributed by atoms with E-state index in [1.807, 2.05) is 6.08 Å². The van der Waals surface area contributed by atoms with Crippen LogP contribution in [0.1, 0.15) is 19.3 Å². The summed E-state index contributed by atoms with van der Waals surface area (Å²) < 4.78 is 12.0. The molecule has 2 aliphatic heterocycles. The summed E-state index contributed by atoms with van der Waals surface area (Å²) in [7, 11) is 3.90. The van der Waals surface area contributed by atoms with Crippen molar-refractivity contribution < 1.29 is 14.6 Å². The molecule has 0 radical (unpaired) electrons. The Morgan fingerprint density at radius 2 is 2.22 bits per heavy atom. The lowest BCUT2D eigenvalue weighted by Gasteiger charge is -2.57. The molecule has 23 heavy (non-hydrogen) atoms. The van der Waals surface area contributed by atoms with E-state index in [0.29, 0.717) is 18.4 Å². The number of allylic oxidation sites excluding steroid dienone is 1. The number of rotatable bonds is 1. The summed E-state index contributed by atoms with van der Waals surface area (Å²) in [6.45, 7) is 1.03. The van der Waals surface area contributed by atoms with E-state index < -0.39 is 6.10 Å². The van der Waals surface area contributed by atoms with Crippen molar-refractivity contribution in [2.75, 3.05) is 20.7 Å². The van der Waals surface area contributed by atoms with Gasteiger partial charge in [0.25, 0.3) is 0 Å². The molecule has 5 heteroatoms. The average Bonchev–Trinajstić information content (AvgIpc) is 2.89. The van der Waals surface area contributed by atoms with Crippen LogP contribution in [0.15, 0.2) is 34.8 Å². The van der Waals surface area contributed by atoms with Crippen molar-refractivity contribution in [2.45, 2.75) is 43.6 Å². The molecule has 5 rings (SSSR count).